The highest BCUT2D eigenvalue weighted by Gasteiger charge is 2.29. The van der Waals surface area contributed by atoms with Crippen LogP contribution >= 0.6 is 11.6 Å². The number of carbonyl (C=O) groups excluding carboxylic acids is 2. The largest absolute Gasteiger partial charge is 0.455 e. The third kappa shape index (κ3) is 4.11. The van der Waals surface area contributed by atoms with Crippen LogP contribution in [0, 0.1) is 6.92 Å². The smallest absolute Gasteiger partial charge is 0.294 e. The first-order valence-electron chi connectivity index (χ1n) is 10.0. The lowest BCUT2D eigenvalue weighted by molar-refractivity contribution is 0.0951. The molecular formula is C24H22ClN3O3. The molecule has 1 N–H and O–H groups in total. The topological polar surface area (TPSA) is 74.9 Å². The van der Waals surface area contributed by atoms with E-state index < -0.39 is 0 Å². The van der Waals surface area contributed by atoms with E-state index in [1.54, 1.807) is 36.2 Å². The molecule has 2 aromatic carbocycles. The zero-order valence-electron chi connectivity index (χ0n) is 17.3. The Labute approximate surface area is 185 Å². The summed E-state index contributed by atoms with van der Waals surface area (Å²) in [6, 6.07) is 16.2. The summed E-state index contributed by atoms with van der Waals surface area (Å²) in [6.07, 6.45) is 2.22. The first-order valence-corrected chi connectivity index (χ1v) is 10.4. The van der Waals surface area contributed by atoms with E-state index in [0.717, 1.165) is 35.4 Å². The summed E-state index contributed by atoms with van der Waals surface area (Å²) in [5.74, 6) is 0.409. The molecule has 31 heavy (non-hydrogen) atoms. The third-order valence-electron chi connectivity index (χ3n) is 5.38. The normalized spacial score (nSPS) is 14.2. The van der Waals surface area contributed by atoms with Gasteiger partial charge in [0.25, 0.3) is 11.8 Å². The van der Waals surface area contributed by atoms with E-state index in [1.807, 2.05) is 37.3 Å². The number of nitrogens with one attached hydrogen (secondary N) is 1. The summed E-state index contributed by atoms with van der Waals surface area (Å²) < 4.78 is 5.98. The van der Waals surface area contributed by atoms with E-state index in [1.165, 1.54) is 0 Å². The molecule has 1 aliphatic rings. The number of hydrazone groups is 1. The van der Waals surface area contributed by atoms with Gasteiger partial charge in [-0.2, -0.15) is 5.10 Å². The fourth-order valence-electron chi connectivity index (χ4n) is 3.73. The monoisotopic (exact) mass is 435 g/mol. The van der Waals surface area contributed by atoms with Gasteiger partial charge in [0.2, 0.25) is 0 Å². The van der Waals surface area contributed by atoms with Crippen molar-refractivity contribution >= 4 is 34.8 Å². The number of anilines is 1. The molecule has 7 heteroatoms. The van der Waals surface area contributed by atoms with Gasteiger partial charge in [-0.3, -0.25) is 9.59 Å². The summed E-state index contributed by atoms with van der Waals surface area (Å²) in [4.78, 5) is 27.1. The van der Waals surface area contributed by atoms with E-state index in [2.05, 4.69) is 10.5 Å². The molecular weight excluding hydrogens is 414 g/mol. The molecule has 6 nitrogen and oxygen atoms in total. The SMILES string of the molecule is Cc1c(C(=O)N(C)c2ccccc2)oc2c1/C(=N/NC(=O)c1ccccc1Cl)CCC2. The first kappa shape index (κ1) is 20.9. The summed E-state index contributed by atoms with van der Waals surface area (Å²) in [6.45, 7) is 1.85. The molecule has 1 aliphatic carbocycles. The van der Waals surface area contributed by atoms with Gasteiger partial charge in [-0.1, -0.05) is 41.9 Å². The van der Waals surface area contributed by atoms with Crippen LogP contribution in [-0.2, 0) is 6.42 Å². The minimum Gasteiger partial charge on any atom is -0.455 e. The summed E-state index contributed by atoms with van der Waals surface area (Å²) in [5, 5.41) is 4.71. The molecule has 3 aromatic rings. The van der Waals surface area contributed by atoms with Crippen molar-refractivity contribution in [3.05, 3.63) is 87.8 Å². The maximum atomic E-state index is 13.1. The lowest BCUT2D eigenvalue weighted by Crippen LogP contribution is -2.26. The number of benzene rings is 2. The number of aryl methyl sites for hydroxylation is 1. The van der Waals surface area contributed by atoms with Crippen molar-refractivity contribution in [3.8, 4) is 0 Å². The molecule has 4 rings (SSSR count). The Hall–Kier alpha value is -3.38. The van der Waals surface area contributed by atoms with Gasteiger partial charge >= 0.3 is 0 Å². The number of rotatable bonds is 4. The van der Waals surface area contributed by atoms with Gasteiger partial charge in [-0.15, -0.1) is 0 Å². The second-order valence-corrected chi connectivity index (χ2v) is 7.79. The summed E-state index contributed by atoms with van der Waals surface area (Å²) >= 11 is 6.10. The van der Waals surface area contributed by atoms with Crippen molar-refractivity contribution in [2.24, 2.45) is 5.10 Å². The Morgan fingerprint density at radius 2 is 1.77 bits per heavy atom. The van der Waals surface area contributed by atoms with Gasteiger partial charge in [-0.25, -0.2) is 5.43 Å². The number of nitrogens with zero attached hydrogens (tertiary/aromatic N) is 2. The van der Waals surface area contributed by atoms with Crippen LogP contribution in [0.15, 0.2) is 64.1 Å². The second-order valence-electron chi connectivity index (χ2n) is 7.39. The number of halogens is 1. The average Bonchev–Trinajstić information content (AvgIpc) is 3.14. The number of para-hydroxylation sites is 1. The van der Waals surface area contributed by atoms with Gasteiger partial charge in [0, 0.05) is 30.3 Å². The highest BCUT2D eigenvalue weighted by molar-refractivity contribution is 6.33. The Balaban J connectivity index is 1.61. The molecule has 0 atom stereocenters. The number of fused-ring (bicyclic) bond motifs is 1. The van der Waals surface area contributed by atoms with Crippen LogP contribution < -0.4 is 10.3 Å². The minimum atomic E-state index is -0.383. The molecule has 0 saturated heterocycles. The standard InChI is InChI=1S/C24H22ClN3O3/c1-15-21-19(26-27-23(29)17-11-6-7-12-18(17)25)13-8-14-20(21)31-22(15)24(30)28(2)16-9-4-3-5-10-16/h3-7,9-12H,8,13-14H2,1-2H3,(H,27,29)/b26-19+. The van der Waals surface area contributed by atoms with Gasteiger partial charge in [0.15, 0.2) is 5.76 Å². The summed E-state index contributed by atoms with van der Waals surface area (Å²) in [7, 11) is 1.72. The lowest BCUT2D eigenvalue weighted by atomic mass is 9.93. The fraction of sp³-hybridized carbons (Fsp3) is 0.208. The van der Waals surface area contributed by atoms with E-state index in [0.29, 0.717) is 28.5 Å². The van der Waals surface area contributed by atoms with Crippen LogP contribution in [0.2, 0.25) is 5.02 Å². The number of furan rings is 1. The molecule has 158 valence electrons. The Morgan fingerprint density at radius 1 is 1.06 bits per heavy atom. The van der Waals surface area contributed by atoms with Crippen LogP contribution in [0.1, 0.15) is 50.6 Å². The lowest BCUT2D eigenvalue weighted by Gasteiger charge is -2.16. The number of hydrogen-bond acceptors (Lipinski definition) is 4. The van der Waals surface area contributed by atoms with Gasteiger partial charge in [-0.05, 0) is 44.0 Å². The van der Waals surface area contributed by atoms with Gasteiger partial charge in [0.1, 0.15) is 5.76 Å². The van der Waals surface area contributed by atoms with Crippen LogP contribution in [0.4, 0.5) is 5.69 Å². The van der Waals surface area contributed by atoms with Gasteiger partial charge < -0.3 is 9.32 Å². The van der Waals surface area contributed by atoms with E-state index in [9.17, 15) is 9.59 Å². The molecule has 1 aromatic heterocycles. The molecule has 0 spiro atoms. The van der Waals surface area contributed by atoms with E-state index >= 15 is 0 Å². The predicted molar refractivity (Wildman–Crippen MR) is 121 cm³/mol. The first-order chi connectivity index (χ1) is 15.0. The minimum absolute atomic E-state index is 0.224. The zero-order chi connectivity index (χ0) is 22.0. The van der Waals surface area contributed by atoms with Crippen LogP contribution in [0.3, 0.4) is 0 Å². The molecule has 0 aliphatic heterocycles. The quantitative estimate of drug-likeness (QED) is 0.586. The maximum Gasteiger partial charge on any atom is 0.294 e. The average molecular weight is 436 g/mol. The number of carbonyl (C=O) groups is 2. The summed E-state index contributed by atoms with van der Waals surface area (Å²) in [5.41, 5.74) is 5.96. The van der Waals surface area contributed by atoms with Crippen molar-refractivity contribution < 1.29 is 14.0 Å². The fourth-order valence-corrected chi connectivity index (χ4v) is 3.95. The number of amides is 2. The highest BCUT2D eigenvalue weighted by atomic mass is 35.5. The zero-order valence-corrected chi connectivity index (χ0v) is 18.1. The maximum absolute atomic E-state index is 13.1. The molecule has 0 fully saturated rings. The predicted octanol–water partition coefficient (Wildman–Crippen LogP) is 4.99. The molecule has 1 heterocycles. The Kier molecular flexibility index (Phi) is 5.91. The van der Waals surface area contributed by atoms with Crippen LogP contribution in [0.25, 0.3) is 0 Å². The van der Waals surface area contributed by atoms with E-state index in [-0.39, 0.29) is 11.8 Å². The molecule has 0 saturated carbocycles. The van der Waals surface area contributed by atoms with Crippen molar-refractivity contribution in [1.82, 2.24) is 5.43 Å². The Bertz CT molecular complexity index is 1170. The molecule has 0 unspecified atom stereocenters. The van der Waals surface area contributed by atoms with Gasteiger partial charge in [0.05, 0.1) is 16.3 Å². The molecule has 0 bridgehead atoms. The molecule has 0 radical (unpaired) electrons. The van der Waals surface area contributed by atoms with Crippen molar-refractivity contribution in [1.29, 1.82) is 0 Å². The number of hydrogen-bond donors (Lipinski definition) is 1. The van der Waals surface area contributed by atoms with Crippen molar-refractivity contribution in [2.75, 3.05) is 11.9 Å². The third-order valence-corrected chi connectivity index (χ3v) is 5.71. The van der Waals surface area contributed by atoms with Crippen molar-refractivity contribution in [3.63, 3.8) is 0 Å². The van der Waals surface area contributed by atoms with E-state index in [4.69, 9.17) is 16.0 Å². The highest BCUT2D eigenvalue weighted by Crippen LogP contribution is 2.31. The van der Waals surface area contributed by atoms with Crippen LogP contribution in [0.5, 0.6) is 0 Å². The van der Waals surface area contributed by atoms with Crippen LogP contribution in [-0.4, -0.2) is 24.6 Å². The Morgan fingerprint density at radius 3 is 2.52 bits per heavy atom. The molecule has 2 amide bonds. The van der Waals surface area contributed by atoms with Crippen molar-refractivity contribution in [2.45, 2.75) is 26.2 Å². The second kappa shape index (κ2) is 8.78.